The summed E-state index contributed by atoms with van der Waals surface area (Å²) in [7, 11) is 0. The summed E-state index contributed by atoms with van der Waals surface area (Å²) < 4.78 is 0. The summed E-state index contributed by atoms with van der Waals surface area (Å²) in [6.45, 7) is 6.06. The molecule has 1 aromatic heterocycles. The van der Waals surface area contributed by atoms with Crippen molar-refractivity contribution in [2.75, 3.05) is 5.75 Å². The van der Waals surface area contributed by atoms with Crippen LogP contribution in [0.1, 0.15) is 31.2 Å². The Labute approximate surface area is 94.5 Å². The smallest absolute Gasteiger partial charge is 0.161 e. The van der Waals surface area contributed by atoms with E-state index in [1.807, 2.05) is 13.8 Å². The third kappa shape index (κ3) is 3.14. The molecule has 0 bridgehead atoms. The highest BCUT2D eigenvalue weighted by molar-refractivity contribution is 7.99. The van der Waals surface area contributed by atoms with E-state index in [0.717, 1.165) is 22.2 Å². The quantitative estimate of drug-likeness (QED) is 0.584. The molecule has 1 rings (SSSR count). The molecule has 0 aliphatic carbocycles. The first kappa shape index (κ1) is 11.8. The molecule has 0 aliphatic rings. The number of hydrogen-bond acceptors (Lipinski definition) is 3. The van der Waals surface area contributed by atoms with Crippen LogP contribution in [0.15, 0.2) is 5.03 Å². The molecular formula is C10H15ClN2S. The lowest BCUT2D eigenvalue weighted by Gasteiger charge is -2.05. The van der Waals surface area contributed by atoms with Gasteiger partial charge in [0.25, 0.3) is 0 Å². The van der Waals surface area contributed by atoms with Crippen molar-refractivity contribution in [3.63, 3.8) is 0 Å². The van der Waals surface area contributed by atoms with E-state index in [1.165, 1.54) is 12.8 Å². The molecule has 0 radical (unpaired) electrons. The summed E-state index contributed by atoms with van der Waals surface area (Å²) in [6.07, 6.45) is 2.39. The molecule has 0 atom stereocenters. The van der Waals surface area contributed by atoms with Crippen LogP contribution >= 0.6 is 23.4 Å². The Bertz CT molecular complexity index is 315. The molecular weight excluding hydrogens is 216 g/mol. The second kappa shape index (κ2) is 5.56. The van der Waals surface area contributed by atoms with Gasteiger partial charge in [-0.3, -0.25) is 0 Å². The van der Waals surface area contributed by atoms with E-state index in [9.17, 15) is 0 Å². The van der Waals surface area contributed by atoms with Gasteiger partial charge in [-0.1, -0.05) is 24.9 Å². The fourth-order valence-electron chi connectivity index (χ4n) is 0.960. The molecule has 4 heteroatoms. The lowest BCUT2D eigenvalue weighted by atomic mass is 10.4. The van der Waals surface area contributed by atoms with E-state index in [0.29, 0.717) is 5.15 Å². The van der Waals surface area contributed by atoms with Crippen molar-refractivity contribution in [2.45, 2.75) is 38.6 Å². The van der Waals surface area contributed by atoms with E-state index in [4.69, 9.17) is 11.6 Å². The van der Waals surface area contributed by atoms with Gasteiger partial charge in [0.2, 0.25) is 0 Å². The number of aryl methyl sites for hydroxylation is 2. The minimum Gasteiger partial charge on any atom is -0.242 e. The van der Waals surface area contributed by atoms with Gasteiger partial charge in [0.1, 0.15) is 5.03 Å². The minimum atomic E-state index is 0.536. The summed E-state index contributed by atoms with van der Waals surface area (Å²) >= 11 is 7.67. The molecule has 1 aromatic rings. The first-order valence-electron chi connectivity index (χ1n) is 4.78. The first-order chi connectivity index (χ1) is 6.65. The van der Waals surface area contributed by atoms with E-state index in [-0.39, 0.29) is 0 Å². The second-order valence-electron chi connectivity index (χ2n) is 3.19. The second-order valence-corrected chi connectivity index (χ2v) is 4.63. The lowest BCUT2D eigenvalue weighted by Crippen LogP contribution is -1.95. The van der Waals surface area contributed by atoms with Gasteiger partial charge in [-0.25, -0.2) is 9.97 Å². The maximum atomic E-state index is 5.99. The molecule has 0 amide bonds. The molecule has 0 N–H and O–H groups in total. The number of aromatic nitrogens is 2. The highest BCUT2D eigenvalue weighted by atomic mass is 35.5. The fraction of sp³-hybridized carbons (Fsp3) is 0.600. The third-order valence-electron chi connectivity index (χ3n) is 1.97. The summed E-state index contributed by atoms with van der Waals surface area (Å²) in [5.41, 5.74) is 1.88. The SMILES string of the molecule is CCCCSc1nc(C)c(C)nc1Cl. The number of nitrogens with zero attached hydrogens (tertiary/aromatic N) is 2. The van der Waals surface area contributed by atoms with Crippen LogP contribution in [0.5, 0.6) is 0 Å². The highest BCUT2D eigenvalue weighted by Crippen LogP contribution is 2.25. The van der Waals surface area contributed by atoms with Gasteiger partial charge in [-0.15, -0.1) is 11.8 Å². The fourth-order valence-corrected chi connectivity index (χ4v) is 2.29. The Kier molecular flexibility index (Phi) is 4.69. The molecule has 0 saturated carbocycles. The van der Waals surface area contributed by atoms with Crippen molar-refractivity contribution in [2.24, 2.45) is 0 Å². The Hall–Kier alpha value is -0.280. The molecule has 0 aromatic carbocycles. The maximum absolute atomic E-state index is 5.99. The Morgan fingerprint density at radius 1 is 1.21 bits per heavy atom. The summed E-state index contributed by atoms with van der Waals surface area (Å²) in [4.78, 5) is 8.65. The zero-order valence-corrected chi connectivity index (χ0v) is 10.4. The van der Waals surface area contributed by atoms with Gasteiger partial charge in [0, 0.05) is 0 Å². The summed E-state index contributed by atoms with van der Waals surface area (Å²) in [5.74, 6) is 1.06. The monoisotopic (exact) mass is 230 g/mol. The van der Waals surface area contributed by atoms with Crippen LogP contribution in [0.25, 0.3) is 0 Å². The molecule has 0 saturated heterocycles. The average molecular weight is 231 g/mol. The zero-order valence-electron chi connectivity index (χ0n) is 8.80. The van der Waals surface area contributed by atoms with Gasteiger partial charge in [-0.2, -0.15) is 0 Å². The van der Waals surface area contributed by atoms with Gasteiger partial charge in [0.05, 0.1) is 11.4 Å². The third-order valence-corrected chi connectivity index (χ3v) is 3.40. The molecule has 78 valence electrons. The molecule has 2 nitrogen and oxygen atoms in total. The molecule has 14 heavy (non-hydrogen) atoms. The molecule has 0 aliphatic heterocycles. The Morgan fingerprint density at radius 2 is 1.86 bits per heavy atom. The topological polar surface area (TPSA) is 25.8 Å². The van der Waals surface area contributed by atoms with Gasteiger partial charge in [-0.05, 0) is 26.0 Å². The van der Waals surface area contributed by atoms with Crippen LogP contribution in [0.2, 0.25) is 5.15 Å². The highest BCUT2D eigenvalue weighted by Gasteiger charge is 2.06. The van der Waals surface area contributed by atoms with E-state index >= 15 is 0 Å². The molecule has 1 heterocycles. The van der Waals surface area contributed by atoms with Crippen molar-refractivity contribution >= 4 is 23.4 Å². The van der Waals surface area contributed by atoms with Crippen LogP contribution in [0, 0.1) is 13.8 Å². The van der Waals surface area contributed by atoms with Crippen LogP contribution in [0.3, 0.4) is 0 Å². The number of thioether (sulfide) groups is 1. The van der Waals surface area contributed by atoms with Crippen LogP contribution in [0.4, 0.5) is 0 Å². The van der Waals surface area contributed by atoms with Crippen molar-refractivity contribution < 1.29 is 0 Å². The minimum absolute atomic E-state index is 0.536. The van der Waals surface area contributed by atoms with Crippen LogP contribution < -0.4 is 0 Å². The maximum Gasteiger partial charge on any atom is 0.161 e. The normalized spacial score (nSPS) is 10.6. The Balaban J connectivity index is 2.72. The average Bonchev–Trinajstić information content (AvgIpc) is 2.14. The molecule has 0 unspecified atom stereocenters. The van der Waals surface area contributed by atoms with E-state index in [1.54, 1.807) is 11.8 Å². The van der Waals surface area contributed by atoms with Crippen LogP contribution in [-0.4, -0.2) is 15.7 Å². The largest absolute Gasteiger partial charge is 0.242 e. The summed E-state index contributed by atoms with van der Waals surface area (Å²) in [6, 6.07) is 0. The van der Waals surface area contributed by atoms with Gasteiger partial charge < -0.3 is 0 Å². The van der Waals surface area contributed by atoms with Crippen molar-refractivity contribution in [3.05, 3.63) is 16.5 Å². The first-order valence-corrected chi connectivity index (χ1v) is 6.15. The van der Waals surface area contributed by atoms with Crippen molar-refractivity contribution in [1.29, 1.82) is 0 Å². The zero-order chi connectivity index (χ0) is 10.6. The lowest BCUT2D eigenvalue weighted by molar-refractivity contribution is 0.890. The van der Waals surface area contributed by atoms with Crippen molar-refractivity contribution in [3.8, 4) is 0 Å². The van der Waals surface area contributed by atoms with Gasteiger partial charge >= 0.3 is 0 Å². The van der Waals surface area contributed by atoms with E-state index in [2.05, 4.69) is 16.9 Å². The van der Waals surface area contributed by atoms with Crippen LogP contribution in [-0.2, 0) is 0 Å². The number of unbranched alkanes of at least 4 members (excludes halogenated alkanes) is 1. The van der Waals surface area contributed by atoms with Crippen molar-refractivity contribution in [1.82, 2.24) is 9.97 Å². The number of hydrogen-bond donors (Lipinski definition) is 0. The molecule has 0 spiro atoms. The predicted molar refractivity (Wildman–Crippen MR) is 62.1 cm³/mol. The standard InChI is InChI=1S/C10H15ClN2S/c1-4-5-6-14-10-9(11)12-7(2)8(3)13-10/h4-6H2,1-3H3. The Morgan fingerprint density at radius 3 is 2.50 bits per heavy atom. The summed E-state index contributed by atoms with van der Waals surface area (Å²) in [5, 5.41) is 1.40. The molecule has 0 fully saturated rings. The van der Waals surface area contributed by atoms with Gasteiger partial charge in [0.15, 0.2) is 5.15 Å². The number of rotatable bonds is 4. The predicted octanol–water partition coefficient (Wildman–Crippen LogP) is 3.64. The van der Waals surface area contributed by atoms with E-state index < -0.39 is 0 Å². The number of halogens is 1.